The average molecular weight is 401 g/mol. The number of halogens is 3. The summed E-state index contributed by atoms with van der Waals surface area (Å²) in [6.07, 6.45) is 0.514. The van der Waals surface area contributed by atoms with Crippen LogP contribution in [0.3, 0.4) is 0 Å². The van der Waals surface area contributed by atoms with Crippen LogP contribution in [0.2, 0.25) is 0 Å². The molecule has 1 aliphatic carbocycles. The number of rotatable bonds is 2. The number of nitrogens with one attached hydrogen (secondary N) is 1. The molecule has 0 spiro atoms. The minimum absolute atomic E-state index is 0.0576. The number of carbonyl (C=O) groups excluding carboxylic acids is 1. The molecule has 10 heteroatoms. The Bertz CT molecular complexity index is 1100. The SMILES string of the molecule is O=C1C[C@@H](c2ccco2)CC2=C1[C@H](c1cccnc1)n1nc(C(F)(F)F)nc1N2. The monoisotopic (exact) mass is 401 g/mol. The molecule has 148 valence electrons. The molecule has 3 aromatic heterocycles. The van der Waals surface area contributed by atoms with E-state index in [0.717, 1.165) is 4.68 Å². The zero-order chi connectivity index (χ0) is 20.2. The van der Waals surface area contributed by atoms with Crippen molar-refractivity contribution in [1.29, 1.82) is 0 Å². The van der Waals surface area contributed by atoms with Crippen molar-refractivity contribution < 1.29 is 22.4 Å². The molecule has 7 nitrogen and oxygen atoms in total. The molecular formula is C19H14F3N5O2. The standard InChI is InChI=1S/C19H14F3N5O2/c20-19(21,22)17-25-18-24-12-7-11(14-4-2-6-29-14)8-13(28)15(12)16(27(18)26-17)10-3-1-5-23-9-10/h1-6,9,11,16H,7-8H2,(H,24,25,26)/t11-,16-/m0/s1. The third-order valence-electron chi connectivity index (χ3n) is 5.12. The Labute approximate surface area is 162 Å². The lowest BCUT2D eigenvalue weighted by atomic mass is 9.80. The largest absolute Gasteiger partial charge is 0.469 e. The number of aromatic nitrogens is 4. The van der Waals surface area contributed by atoms with Gasteiger partial charge in [-0.25, -0.2) is 4.68 Å². The van der Waals surface area contributed by atoms with Crippen molar-refractivity contribution in [1.82, 2.24) is 19.7 Å². The van der Waals surface area contributed by atoms with Crippen LogP contribution in [0.25, 0.3) is 0 Å². The molecule has 4 heterocycles. The summed E-state index contributed by atoms with van der Waals surface area (Å²) in [5.74, 6) is -1.03. The molecule has 0 saturated heterocycles. The predicted octanol–water partition coefficient (Wildman–Crippen LogP) is 3.70. The number of alkyl halides is 3. The minimum atomic E-state index is -4.70. The van der Waals surface area contributed by atoms with Crippen LogP contribution in [0.15, 0.2) is 58.6 Å². The van der Waals surface area contributed by atoms with E-state index in [0.29, 0.717) is 29.0 Å². The molecule has 0 fully saturated rings. The number of nitrogens with zero attached hydrogens (tertiary/aromatic N) is 4. The van der Waals surface area contributed by atoms with E-state index in [4.69, 9.17) is 4.42 Å². The number of Topliss-reactive ketones (excluding diaryl/α,β-unsaturated/α-hetero) is 1. The Morgan fingerprint density at radius 2 is 2.07 bits per heavy atom. The van der Waals surface area contributed by atoms with Crippen LogP contribution in [0.4, 0.5) is 19.1 Å². The van der Waals surface area contributed by atoms with Gasteiger partial charge in [-0.2, -0.15) is 18.2 Å². The number of pyridine rings is 1. The summed E-state index contributed by atoms with van der Waals surface area (Å²) in [6.45, 7) is 0. The first-order chi connectivity index (χ1) is 13.9. The van der Waals surface area contributed by atoms with Crippen LogP contribution in [0, 0.1) is 0 Å². The van der Waals surface area contributed by atoms with E-state index in [9.17, 15) is 18.0 Å². The summed E-state index contributed by atoms with van der Waals surface area (Å²) in [6, 6.07) is 6.07. The Morgan fingerprint density at radius 1 is 1.21 bits per heavy atom. The van der Waals surface area contributed by atoms with Gasteiger partial charge in [0.1, 0.15) is 11.8 Å². The van der Waals surface area contributed by atoms with Crippen LogP contribution in [0.5, 0.6) is 0 Å². The number of allylic oxidation sites excluding steroid dienone is 2. The predicted molar refractivity (Wildman–Crippen MR) is 93.7 cm³/mol. The molecule has 1 aliphatic heterocycles. The van der Waals surface area contributed by atoms with E-state index < -0.39 is 18.0 Å². The summed E-state index contributed by atoms with van der Waals surface area (Å²) in [5.41, 5.74) is 1.48. The highest BCUT2D eigenvalue weighted by atomic mass is 19.4. The van der Waals surface area contributed by atoms with Gasteiger partial charge >= 0.3 is 6.18 Å². The van der Waals surface area contributed by atoms with E-state index in [1.807, 2.05) is 0 Å². The Balaban J connectivity index is 1.64. The van der Waals surface area contributed by atoms with E-state index in [2.05, 4.69) is 20.4 Å². The topological polar surface area (TPSA) is 85.8 Å². The smallest absolute Gasteiger partial charge is 0.453 e. The molecule has 2 atom stereocenters. The Morgan fingerprint density at radius 3 is 2.76 bits per heavy atom. The number of anilines is 1. The molecule has 0 saturated carbocycles. The molecule has 29 heavy (non-hydrogen) atoms. The summed E-state index contributed by atoms with van der Waals surface area (Å²) in [7, 11) is 0. The lowest BCUT2D eigenvalue weighted by molar-refractivity contribution is -0.145. The minimum Gasteiger partial charge on any atom is -0.469 e. The fourth-order valence-corrected chi connectivity index (χ4v) is 3.90. The summed E-state index contributed by atoms with van der Waals surface area (Å²) < 4.78 is 46.2. The van der Waals surface area contributed by atoms with E-state index in [1.165, 1.54) is 12.5 Å². The molecular weight excluding hydrogens is 387 g/mol. The summed E-state index contributed by atoms with van der Waals surface area (Å²) in [4.78, 5) is 20.8. The van der Waals surface area contributed by atoms with Crippen molar-refractivity contribution in [2.45, 2.75) is 31.0 Å². The first-order valence-electron chi connectivity index (χ1n) is 8.92. The highest BCUT2D eigenvalue weighted by molar-refractivity contribution is 6.00. The van der Waals surface area contributed by atoms with Gasteiger partial charge in [0.2, 0.25) is 5.95 Å². The van der Waals surface area contributed by atoms with Gasteiger partial charge in [-0.1, -0.05) is 6.07 Å². The quantitative estimate of drug-likeness (QED) is 0.705. The van der Waals surface area contributed by atoms with Crippen LogP contribution in [-0.2, 0) is 11.0 Å². The van der Waals surface area contributed by atoms with Crippen LogP contribution in [0.1, 0.15) is 41.9 Å². The van der Waals surface area contributed by atoms with Crippen molar-refractivity contribution in [2.75, 3.05) is 5.32 Å². The molecule has 0 radical (unpaired) electrons. The van der Waals surface area contributed by atoms with Crippen molar-refractivity contribution >= 4 is 11.7 Å². The second kappa shape index (κ2) is 6.29. The van der Waals surface area contributed by atoms with Crippen molar-refractivity contribution in [3.05, 3.63) is 71.3 Å². The van der Waals surface area contributed by atoms with Crippen molar-refractivity contribution in [2.24, 2.45) is 0 Å². The maximum atomic E-state index is 13.2. The van der Waals surface area contributed by atoms with E-state index in [1.54, 1.807) is 30.5 Å². The normalized spacial score (nSPS) is 21.6. The van der Waals surface area contributed by atoms with Crippen LogP contribution < -0.4 is 5.32 Å². The summed E-state index contributed by atoms with van der Waals surface area (Å²) >= 11 is 0. The van der Waals surface area contributed by atoms with Gasteiger partial charge in [0.25, 0.3) is 5.82 Å². The van der Waals surface area contributed by atoms with Crippen molar-refractivity contribution in [3.8, 4) is 0 Å². The van der Waals surface area contributed by atoms with E-state index in [-0.39, 0.29) is 24.1 Å². The number of fused-ring (bicyclic) bond motifs is 1. The van der Waals surface area contributed by atoms with Gasteiger partial charge in [-0.05, 0) is 30.2 Å². The number of carbonyl (C=O) groups is 1. The fraction of sp³-hybridized carbons (Fsp3) is 0.263. The van der Waals surface area contributed by atoms with Gasteiger partial charge in [0.15, 0.2) is 5.78 Å². The average Bonchev–Trinajstić information content (AvgIpc) is 3.36. The molecule has 0 amide bonds. The summed E-state index contributed by atoms with van der Waals surface area (Å²) in [5, 5.41) is 6.56. The highest BCUT2D eigenvalue weighted by Gasteiger charge is 2.43. The second-order valence-corrected chi connectivity index (χ2v) is 6.95. The fourth-order valence-electron chi connectivity index (χ4n) is 3.90. The Hall–Kier alpha value is -3.43. The first-order valence-corrected chi connectivity index (χ1v) is 8.92. The zero-order valence-corrected chi connectivity index (χ0v) is 14.8. The highest BCUT2D eigenvalue weighted by Crippen LogP contribution is 2.44. The van der Waals surface area contributed by atoms with Crippen molar-refractivity contribution in [3.63, 3.8) is 0 Å². The van der Waals surface area contributed by atoms with Gasteiger partial charge in [-0.3, -0.25) is 9.78 Å². The van der Waals surface area contributed by atoms with Gasteiger partial charge in [0.05, 0.1) is 6.26 Å². The van der Waals surface area contributed by atoms with E-state index >= 15 is 0 Å². The maximum absolute atomic E-state index is 13.2. The number of hydrogen-bond acceptors (Lipinski definition) is 6. The van der Waals surface area contributed by atoms with Crippen LogP contribution >= 0.6 is 0 Å². The van der Waals surface area contributed by atoms with Crippen LogP contribution in [-0.4, -0.2) is 25.5 Å². The molecule has 0 bridgehead atoms. The number of furan rings is 1. The molecule has 1 N–H and O–H groups in total. The molecule has 2 aliphatic rings. The maximum Gasteiger partial charge on any atom is 0.453 e. The lowest BCUT2D eigenvalue weighted by Gasteiger charge is -2.34. The third-order valence-corrected chi connectivity index (χ3v) is 5.12. The van der Waals surface area contributed by atoms with Gasteiger partial charge in [-0.15, -0.1) is 5.10 Å². The third kappa shape index (κ3) is 2.91. The molecule has 5 rings (SSSR count). The first kappa shape index (κ1) is 17.7. The van der Waals surface area contributed by atoms with Gasteiger partial charge < -0.3 is 9.73 Å². The zero-order valence-electron chi connectivity index (χ0n) is 14.8. The lowest BCUT2D eigenvalue weighted by Crippen LogP contribution is -2.33. The molecule has 0 unspecified atom stereocenters. The second-order valence-electron chi connectivity index (χ2n) is 6.95. The Kier molecular flexibility index (Phi) is 3.83. The number of ketones is 1. The molecule has 3 aromatic rings. The van der Waals surface area contributed by atoms with Gasteiger partial charge in [0, 0.05) is 36.0 Å². The number of hydrogen-bond donors (Lipinski definition) is 1. The molecule has 0 aromatic carbocycles.